The predicted octanol–water partition coefficient (Wildman–Crippen LogP) is 5.19. The molecule has 236 valence electrons. The van der Waals surface area contributed by atoms with E-state index < -0.39 is 17.4 Å². The molecule has 3 aliphatic rings. The van der Waals surface area contributed by atoms with E-state index in [1.54, 1.807) is 18.3 Å². The van der Waals surface area contributed by atoms with E-state index in [0.717, 1.165) is 74.3 Å². The average molecular weight is 618 g/mol. The minimum absolute atomic E-state index is 0.0784. The van der Waals surface area contributed by atoms with E-state index in [0.29, 0.717) is 12.1 Å². The van der Waals surface area contributed by atoms with Gasteiger partial charge < -0.3 is 25.8 Å². The highest BCUT2D eigenvalue weighted by Crippen LogP contribution is 2.44. The van der Waals surface area contributed by atoms with Crippen LogP contribution >= 0.6 is 11.3 Å². The summed E-state index contributed by atoms with van der Waals surface area (Å²) in [5, 5.41) is 3.98. The number of piperidine rings is 1. The van der Waals surface area contributed by atoms with Crippen LogP contribution in [0.2, 0.25) is 0 Å². The molecule has 2 bridgehead atoms. The van der Waals surface area contributed by atoms with Crippen molar-refractivity contribution in [1.29, 1.82) is 0 Å². The number of likely N-dealkylation sites (tertiary alicyclic amines) is 1. The molecule has 5 heterocycles. The van der Waals surface area contributed by atoms with Crippen LogP contribution in [-0.4, -0.2) is 70.3 Å². The zero-order valence-electron chi connectivity index (χ0n) is 26.8. The third-order valence-corrected chi connectivity index (χ3v) is 11.7. The van der Waals surface area contributed by atoms with Crippen LogP contribution in [0.25, 0.3) is 21.5 Å². The van der Waals surface area contributed by atoms with Crippen molar-refractivity contribution in [3.63, 3.8) is 0 Å². The van der Waals surface area contributed by atoms with Gasteiger partial charge in [0.05, 0.1) is 11.1 Å². The van der Waals surface area contributed by atoms with Crippen LogP contribution in [0, 0.1) is 19.8 Å². The summed E-state index contributed by atoms with van der Waals surface area (Å²) in [5.41, 5.74) is 10.9. The summed E-state index contributed by atoms with van der Waals surface area (Å²) in [6.45, 7) is 12.7. The second kappa shape index (κ2) is 12.0. The number of H-pyrrole nitrogens is 1. The number of nitrogens with zero attached hydrogens (tertiary/aromatic N) is 2. The molecule has 4 N–H and O–H groups in total. The molecule has 44 heavy (non-hydrogen) atoms. The summed E-state index contributed by atoms with van der Waals surface area (Å²) in [4.78, 5) is 48.7. The Balaban J connectivity index is 1.23. The predicted molar refractivity (Wildman–Crippen MR) is 177 cm³/mol. The summed E-state index contributed by atoms with van der Waals surface area (Å²) in [6, 6.07) is 9.18. The molecule has 0 radical (unpaired) electrons. The Bertz CT molecular complexity index is 1540. The highest BCUT2D eigenvalue weighted by Gasteiger charge is 2.47. The lowest BCUT2D eigenvalue weighted by atomic mass is 9.88. The normalized spacial score (nSPS) is 21.7. The SMILES string of the molecule is Cc1cc(C)cc(-c2[nH]c3sc(C(C)(C)C(=O)N4C5CCC4CC5)cc3c2CCN2CCC(C(=O)N[C@H](C)C(N)=O)CC2)c1. The van der Waals surface area contributed by atoms with E-state index in [9.17, 15) is 14.4 Å². The fourth-order valence-corrected chi connectivity index (χ4v) is 8.91. The van der Waals surface area contributed by atoms with Crippen molar-refractivity contribution in [2.24, 2.45) is 11.7 Å². The molecule has 0 aliphatic carbocycles. The lowest BCUT2D eigenvalue weighted by molar-refractivity contribution is -0.137. The van der Waals surface area contributed by atoms with Crippen LogP contribution in [0.1, 0.15) is 80.9 Å². The van der Waals surface area contributed by atoms with E-state index in [-0.39, 0.29) is 17.7 Å². The van der Waals surface area contributed by atoms with Gasteiger partial charge in [-0.15, -0.1) is 11.3 Å². The van der Waals surface area contributed by atoms with Crippen molar-refractivity contribution >= 4 is 39.3 Å². The van der Waals surface area contributed by atoms with Crippen molar-refractivity contribution in [1.82, 2.24) is 20.1 Å². The van der Waals surface area contributed by atoms with E-state index >= 15 is 0 Å². The minimum atomic E-state index is -0.651. The highest BCUT2D eigenvalue weighted by atomic mass is 32.1. The van der Waals surface area contributed by atoms with Gasteiger partial charge in [0.25, 0.3) is 0 Å². The number of aryl methyl sites for hydroxylation is 2. The zero-order chi connectivity index (χ0) is 31.3. The molecule has 3 aliphatic heterocycles. The Labute approximate surface area is 264 Å². The van der Waals surface area contributed by atoms with Crippen LogP contribution < -0.4 is 11.1 Å². The first-order valence-electron chi connectivity index (χ1n) is 16.3. The third kappa shape index (κ3) is 5.81. The van der Waals surface area contributed by atoms with Crippen molar-refractivity contribution < 1.29 is 14.4 Å². The van der Waals surface area contributed by atoms with E-state index in [2.05, 4.69) is 72.1 Å². The molecule has 1 aromatic carbocycles. The van der Waals surface area contributed by atoms with E-state index in [1.165, 1.54) is 33.3 Å². The molecule has 3 fully saturated rings. The molecule has 1 atom stereocenters. The second-order valence-corrected chi connectivity index (χ2v) is 15.1. The maximum atomic E-state index is 13.9. The van der Waals surface area contributed by atoms with Crippen LogP contribution in [0.5, 0.6) is 0 Å². The van der Waals surface area contributed by atoms with Crippen molar-refractivity contribution in [3.05, 3.63) is 45.8 Å². The van der Waals surface area contributed by atoms with Gasteiger partial charge in [-0.1, -0.05) is 17.2 Å². The number of primary amides is 1. The monoisotopic (exact) mass is 617 g/mol. The first-order chi connectivity index (χ1) is 20.9. The number of fused-ring (bicyclic) bond motifs is 3. The van der Waals surface area contributed by atoms with Crippen molar-refractivity contribution in [3.8, 4) is 11.3 Å². The molecule has 3 aromatic rings. The Hall–Kier alpha value is -3.17. The summed E-state index contributed by atoms with van der Waals surface area (Å²) in [7, 11) is 0. The summed E-state index contributed by atoms with van der Waals surface area (Å²) < 4.78 is 0. The standard InChI is InChI=1S/C35H47N5O3S/c1-20-16-21(2)18-24(17-20)30-27(12-15-39-13-10-23(11-14-39)32(42)37-22(3)31(36)41)28-19-29(44-33(28)38-30)35(4,5)34(43)40-25-6-7-26(40)9-8-25/h16-19,22-23,25-26,38H,6-15H2,1-5H3,(H2,36,41)(H,37,42)/t22-,25?,26?/m1/s1. The number of nitrogens with two attached hydrogens (primary N) is 1. The third-order valence-electron chi connectivity index (χ3n) is 10.4. The van der Waals surface area contributed by atoms with Gasteiger partial charge in [-0.25, -0.2) is 0 Å². The molecule has 3 saturated heterocycles. The number of rotatable bonds is 9. The van der Waals surface area contributed by atoms with Crippen LogP contribution in [0.15, 0.2) is 24.3 Å². The van der Waals surface area contributed by atoms with Crippen molar-refractivity contribution in [2.45, 2.75) is 103 Å². The number of carbonyl (C=O) groups excluding carboxylic acids is 3. The van der Waals surface area contributed by atoms with Crippen LogP contribution in [0.4, 0.5) is 0 Å². The fourth-order valence-electron chi connectivity index (χ4n) is 7.73. The second-order valence-electron chi connectivity index (χ2n) is 14.0. The minimum Gasteiger partial charge on any atom is -0.368 e. The zero-order valence-corrected chi connectivity index (χ0v) is 27.6. The molecule has 0 saturated carbocycles. The largest absolute Gasteiger partial charge is 0.368 e. The maximum absolute atomic E-state index is 13.9. The summed E-state index contributed by atoms with van der Waals surface area (Å²) in [5.74, 6) is -0.409. The average Bonchev–Trinajstić information content (AvgIpc) is 3.76. The lowest BCUT2D eigenvalue weighted by Gasteiger charge is -2.32. The Morgan fingerprint density at radius 3 is 2.20 bits per heavy atom. The van der Waals surface area contributed by atoms with Crippen LogP contribution in [0.3, 0.4) is 0 Å². The van der Waals surface area contributed by atoms with Gasteiger partial charge in [-0.3, -0.25) is 14.4 Å². The quantitative estimate of drug-likeness (QED) is 0.307. The first-order valence-corrected chi connectivity index (χ1v) is 17.1. The number of hydrogen-bond acceptors (Lipinski definition) is 5. The topological polar surface area (TPSA) is 112 Å². The number of carbonyl (C=O) groups is 3. The molecular weight excluding hydrogens is 570 g/mol. The lowest BCUT2D eigenvalue weighted by Crippen LogP contribution is -2.47. The Kier molecular flexibility index (Phi) is 8.39. The Morgan fingerprint density at radius 1 is 1.00 bits per heavy atom. The number of aromatic amines is 1. The number of amides is 3. The fraction of sp³-hybridized carbons (Fsp3) is 0.571. The highest BCUT2D eigenvalue weighted by molar-refractivity contribution is 7.19. The van der Waals surface area contributed by atoms with E-state index in [1.807, 2.05) is 0 Å². The summed E-state index contributed by atoms with van der Waals surface area (Å²) in [6.07, 6.45) is 7.00. The molecule has 9 heteroatoms. The van der Waals surface area contributed by atoms with Gasteiger partial charge in [-0.2, -0.15) is 0 Å². The molecule has 6 rings (SSSR count). The number of nitrogens with one attached hydrogen (secondary N) is 2. The first kappa shape index (κ1) is 30.8. The molecule has 3 amide bonds. The molecule has 8 nitrogen and oxygen atoms in total. The van der Waals surface area contributed by atoms with Gasteiger partial charge in [0.1, 0.15) is 10.9 Å². The summed E-state index contributed by atoms with van der Waals surface area (Å²) >= 11 is 1.73. The van der Waals surface area contributed by atoms with Gasteiger partial charge >= 0.3 is 0 Å². The molecule has 2 aromatic heterocycles. The number of aromatic nitrogens is 1. The van der Waals surface area contributed by atoms with Gasteiger partial charge in [-0.05, 0) is 122 Å². The number of hydrogen-bond donors (Lipinski definition) is 3. The molecule has 0 unspecified atom stereocenters. The van der Waals surface area contributed by atoms with Crippen molar-refractivity contribution in [2.75, 3.05) is 19.6 Å². The Morgan fingerprint density at radius 2 is 1.61 bits per heavy atom. The van der Waals surface area contributed by atoms with Gasteiger partial charge in [0.15, 0.2) is 0 Å². The van der Waals surface area contributed by atoms with Gasteiger partial charge in [0.2, 0.25) is 17.7 Å². The number of thiophene rings is 1. The van der Waals surface area contributed by atoms with Gasteiger partial charge in [0, 0.05) is 34.8 Å². The smallest absolute Gasteiger partial charge is 0.239 e. The molecule has 0 spiro atoms. The van der Waals surface area contributed by atoms with E-state index in [4.69, 9.17) is 5.73 Å². The molecular formula is C35H47N5O3S. The number of benzene rings is 1. The van der Waals surface area contributed by atoms with Crippen LogP contribution in [-0.2, 0) is 26.2 Å². The maximum Gasteiger partial charge on any atom is 0.239 e.